The van der Waals surface area contributed by atoms with Crippen LogP contribution in [0.4, 0.5) is 0 Å². The smallest absolute Gasteiger partial charge is 0.227 e. The molecule has 0 saturated carbocycles. The van der Waals surface area contributed by atoms with Gasteiger partial charge in [-0.15, -0.1) is 11.3 Å². The maximum absolute atomic E-state index is 5.13. The Morgan fingerprint density at radius 1 is 1.48 bits per heavy atom. The molecule has 6 nitrogen and oxygen atoms in total. The third kappa shape index (κ3) is 3.20. The largest absolute Gasteiger partial charge is 0.339 e. The van der Waals surface area contributed by atoms with Crippen molar-refractivity contribution < 1.29 is 4.52 Å². The lowest BCUT2D eigenvalue weighted by atomic mass is 10.2. The molecule has 0 amide bonds. The first-order valence-corrected chi connectivity index (χ1v) is 7.65. The van der Waals surface area contributed by atoms with E-state index in [2.05, 4.69) is 38.0 Å². The first-order valence-electron chi connectivity index (χ1n) is 6.77. The highest BCUT2D eigenvalue weighted by atomic mass is 32.1. The molecular weight excluding hydrogens is 286 g/mol. The molecule has 1 atom stereocenters. The lowest BCUT2D eigenvalue weighted by Crippen LogP contribution is -2.26. The normalized spacial score (nSPS) is 12.7. The monoisotopic (exact) mass is 303 g/mol. The van der Waals surface area contributed by atoms with Gasteiger partial charge >= 0.3 is 0 Å². The van der Waals surface area contributed by atoms with Gasteiger partial charge in [0.25, 0.3) is 0 Å². The SMILES string of the molecule is Cc1noc(CCNC(c2cccs2)c2nccn2C)n1. The van der Waals surface area contributed by atoms with Crippen LogP contribution in [0, 0.1) is 6.92 Å². The van der Waals surface area contributed by atoms with Crippen molar-refractivity contribution in [3.8, 4) is 0 Å². The van der Waals surface area contributed by atoms with Crippen molar-refractivity contribution in [3.63, 3.8) is 0 Å². The highest BCUT2D eigenvalue weighted by molar-refractivity contribution is 7.10. The number of nitrogens with one attached hydrogen (secondary N) is 1. The molecule has 1 N–H and O–H groups in total. The molecule has 3 aromatic heterocycles. The summed E-state index contributed by atoms with van der Waals surface area (Å²) in [4.78, 5) is 9.91. The van der Waals surface area contributed by atoms with E-state index in [1.807, 2.05) is 30.9 Å². The van der Waals surface area contributed by atoms with Crippen LogP contribution in [0.3, 0.4) is 0 Å². The Kier molecular flexibility index (Phi) is 4.12. The standard InChI is InChI=1S/C14H17N5OS/c1-10-17-12(20-18-10)5-6-15-13(11-4-3-9-21-11)14-16-7-8-19(14)2/h3-4,7-9,13,15H,5-6H2,1-2H3. The molecule has 7 heteroatoms. The van der Waals surface area contributed by atoms with Gasteiger partial charge < -0.3 is 14.4 Å². The minimum absolute atomic E-state index is 0.0778. The van der Waals surface area contributed by atoms with Crippen LogP contribution in [0.15, 0.2) is 34.4 Å². The van der Waals surface area contributed by atoms with E-state index in [-0.39, 0.29) is 6.04 Å². The lowest BCUT2D eigenvalue weighted by molar-refractivity contribution is 0.370. The van der Waals surface area contributed by atoms with E-state index >= 15 is 0 Å². The molecule has 0 fully saturated rings. The summed E-state index contributed by atoms with van der Waals surface area (Å²) >= 11 is 1.72. The molecule has 3 heterocycles. The molecule has 1 unspecified atom stereocenters. The Morgan fingerprint density at radius 3 is 3.00 bits per heavy atom. The van der Waals surface area contributed by atoms with Gasteiger partial charge in [-0.1, -0.05) is 11.2 Å². The van der Waals surface area contributed by atoms with Crippen LogP contribution >= 0.6 is 11.3 Å². The summed E-state index contributed by atoms with van der Waals surface area (Å²) in [5.41, 5.74) is 0. The zero-order valence-corrected chi connectivity index (χ0v) is 12.8. The summed E-state index contributed by atoms with van der Waals surface area (Å²) in [6, 6.07) is 4.25. The fraction of sp³-hybridized carbons (Fsp3) is 0.357. The first-order chi connectivity index (χ1) is 10.2. The van der Waals surface area contributed by atoms with Crippen LogP contribution < -0.4 is 5.32 Å². The fourth-order valence-corrected chi connectivity index (χ4v) is 2.99. The van der Waals surface area contributed by atoms with E-state index in [4.69, 9.17) is 4.52 Å². The van der Waals surface area contributed by atoms with E-state index in [9.17, 15) is 0 Å². The molecule has 21 heavy (non-hydrogen) atoms. The Hall–Kier alpha value is -1.99. The van der Waals surface area contributed by atoms with Crippen LogP contribution in [0.1, 0.15) is 28.5 Å². The van der Waals surface area contributed by atoms with Gasteiger partial charge in [-0.25, -0.2) is 4.98 Å². The van der Waals surface area contributed by atoms with Gasteiger partial charge in [0.1, 0.15) is 11.9 Å². The van der Waals surface area contributed by atoms with Crippen LogP contribution in [0.2, 0.25) is 0 Å². The summed E-state index contributed by atoms with van der Waals surface area (Å²) in [5.74, 6) is 2.33. The van der Waals surface area contributed by atoms with Crippen LogP contribution in [-0.2, 0) is 13.5 Å². The minimum Gasteiger partial charge on any atom is -0.339 e. The van der Waals surface area contributed by atoms with Gasteiger partial charge in [-0.2, -0.15) is 4.98 Å². The molecule has 0 aliphatic heterocycles. The van der Waals surface area contributed by atoms with Gasteiger partial charge in [-0.05, 0) is 18.4 Å². The molecular formula is C14H17N5OS. The van der Waals surface area contributed by atoms with E-state index in [0.29, 0.717) is 18.1 Å². The molecule has 0 aliphatic rings. The van der Waals surface area contributed by atoms with Crippen molar-refractivity contribution >= 4 is 11.3 Å². The van der Waals surface area contributed by atoms with Crippen molar-refractivity contribution in [2.45, 2.75) is 19.4 Å². The summed E-state index contributed by atoms with van der Waals surface area (Å²) < 4.78 is 7.17. The van der Waals surface area contributed by atoms with Crippen LogP contribution in [-0.4, -0.2) is 26.2 Å². The molecule has 0 aliphatic carbocycles. The maximum atomic E-state index is 5.13. The molecule has 0 aromatic carbocycles. The number of thiophene rings is 1. The quantitative estimate of drug-likeness (QED) is 0.755. The van der Waals surface area contributed by atoms with E-state index in [0.717, 1.165) is 12.4 Å². The van der Waals surface area contributed by atoms with Crippen molar-refractivity contribution in [3.05, 3.63) is 52.3 Å². The number of hydrogen-bond acceptors (Lipinski definition) is 6. The number of nitrogens with zero attached hydrogens (tertiary/aromatic N) is 4. The summed E-state index contributed by atoms with van der Waals surface area (Å²) in [5, 5.41) is 9.40. The van der Waals surface area contributed by atoms with Gasteiger partial charge in [0, 0.05) is 37.3 Å². The van der Waals surface area contributed by atoms with Gasteiger partial charge in [-0.3, -0.25) is 0 Å². The van der Waals surface area contributed by atoms with Gasteiger partial charge in [0.05, 0.1) is 0 Å². The number of imidazole rings is 1. The number of aryl methyl sites for hydroxylation is 2. The number of rotatable bonds is 6. The predicted molar refractivity (Wildman–Crippen MR) is 80.1 cm³/mol. The molecule has 0 spiro atoms. The van der Waals surface area contributed by atoms with Crippen molar-refractivity contribution in [1.82, 2.24) is 25.0 Å². The topological polar surface area (TPSA) is 68.8 Å². The van der Waals surface area contributed by atoms with Crippen LogP contribution in [0.25, 0.3) is 0 Å². The molecule has 0 saturated heterocycles. The third-order valence-corrected chi connectivity index (χ3v) is 4.14. The summed E-state index contributed by atoms with van der Waals surface area (Å²) in [6.07, 6.45) is 4.48. The van der Waals surface area contributed by atoms with E-state index in [1.54, 1.807) is 11.3 Å². The first kappa shape index (κ1) is 14.0. The molecule has 110 valence electrons. The van der Waals surface area contributed by atoms with Crippen molar-refractivity contribution in [2.24, 2.45) is 7.05 Å². The summed E-state index contributed by atoms with van der Waals surface area (Å²) in [7, 11) is 2.01. The Balaban J connectivity index is 1.70. The van der Waals surface area contributed by atoms with Crippen molar-refractivity contribution in [1.29, 1.82) is 0 Å². The second-order valence-corrected chi connectivity index (χ2v) is 5.76. The molecule has 0 bridgehead atoms. The summed E-state index contributed by atoms with van der Waals surface area (Å²) in [6.45, 7) is 2.57. The van der Waals surface area contributed by atoms with Gasteiger partial charge in [0.15, 0.2) is 5.82 Å². The average Bonchev–Trinajstić information content (AvgIpc) is 3.18. The van der Waals surface area contributed by atoms with Crippen LogP contribution in [0.5, 0.6) is 0 Å². The second-order valence-electron chi connectivity index (χ2n) is 4.78. The Labute approximate surface area is 126 Å². The van der Waals surface area contributed by atoms with Gasteiger partial charge in [0.2, 0.25) is 5.89 Å². The minimum atomic E-state index is 0.0778. The zero-order valence-electron chi connectivity index (χ0n) is 12.0. The van der Waals surface area contributed by atoms with E-state index in [1.165, 1.54) is 4.88 Å². The Bertz CT molecular complexity index is 688. The molecule has 3 aromatic rings. The highest BCUT2D eigenvalue weighted by Gasteiger charge is 2.18. The maximum Gasteiger partial charge on any atom is 0.227 e. The zero-order chi connectivity index (χ0) is 14.7. The third-order valence-electron chi connectivity index (χ3n) is 3.20. The average molecular weight is 303 g/mol. The van der Waals surface area contributed by atoms with E-state index < -0.39 is 0 Å². The number of hydrogen-bond donors (Lipinski definition) is 1. The fourth-order valence-electron chi connectivity index (χ4n) is 2.19. The van der Waals surface area contributed by atoms with Crippen molar-refractivity contribution in [2.75, 3.05) is 6.54 Å². The lowest BCUT2D eigenvalue weighted by Gasteiger charge is -2.16. The highest BCUT2D eigenvalue weighted by Crippen LogP contribution is 2.24. The second kappa shape index (κ2) is 6.19. The predicted octanol–water partition coefficient (Wildman–Crippen LogP) is 2.09. The molecule has 3 rings (SSSR count). The Morgan fingerprint density at radius 2 is 2.38 bits per heavy atom. The number of aromatic nitrogens is 4. The molecule has 0 radical (unpaired) electrons.